The second-order valence-electron chi connectivity index (χ2n) is 5.39. The fourth-order valence-corrected chi connectivity index (χ4v) is 2.57. The summed E-state index contributed by atoms with van der Waals surface area (Å²) in [5.41, 5.74) is -1.69. The van der Waals surface area contributed by atoms with Crippen molar-refractivity contribution in [1.29, 1.82) is 0 Å². The molecule has 0 aromatic heterocycles. The Kier molecular flexibility index (Phi) is 5.27. The van der Waals surface area contributed by atoms with Crippen LogP contribution in [-0.4, -0.2) is 55.5 Å². The summed E-state index contributed by atoms with van der Waals surface area (Å²) in [5, 5.41) is 13.2. The van der Waals surface area contributed by atoms with E-state index in [4.69, 9.17) is 0 Å². The van der Waals surface area contributed by atoms with E-state index in [-0.39, 0.29) is 18.1 Å². The second kappa shape index (κ2) is 7.04. The van der Waals surface area contributed by atoms with E-state index in [0.717, 1.165) is 12.1 Å². The number of hydrogen-bond donors (Lipinski definition) is 1. The highest BCUT2D eigenvalue weighted by Gasteiger charge is 2.37. The number of rotatable bonds is 4. The molecule has 1 aromatic carbocycles. The van der Waals surface area contributed by atoms with Crippen molar-refractivity contribution >= 4 is 17.3 Å². The maximum absolute atomic E-state index is 13.2. The van der Waals surface area contributed by atoms with Crippen molar-refractivity contribution in [3.8, 4) is 0 Å². The van der Waals surface area contributed by atoms with Crippen LogP contribution in [0.3, 0.4) is 0 Å². The molecule has 0 bridgehead atoms. The van der Waals surface area contributed by atoms with Gasteiger partial charge in [-0.25, -0.2) is 0 Å². The van der Waals surface area contributed by atoms with Gasteiger partial charge in [-0.15, -0.1) is 0 Å². The van der Waals surface area contributed by atoms with E-state index >= 15 is 0 Å². The molecule has 1 aliphatic rings. The molecule has 1 fully saturated rings. The molecule has 1 aliphatic heterocycles. The maximum atomic E-state index is 13.2. The Hall–Kier alpha value is -2.36. The molecule has 0 aliphatic carbocycles. The van der Waals surface area contributed by atoms with Crippen molar-refractivity contribution in [2.75, 3.05) is 44.7 Å². The number of piperazine rings is 1. The summed E-state index contributed by atoms with van der Waals surface area (Å²) in [7, 11) is 1.52. The molecule has 0 spiro atoms. The lowest BCUT2D eigenvalue weighted by molar-refractivity contribution is -0.385. The van der Waals surface area contributed by atoms with Crippen LogP contribution in [0.2, 0.25) is 0 Å². The second-order valence-corrected chi connectivity index (χ2v) is 5.39. The van der Waals surface area contributed by atoms with Gasteiger partial charge in [0.1, 0.15) is 0 Å². The van der Waals surface area contributed by atoms with Crippen molar-refractivity contribution in [3.63, 3.8) is 0 Å². The molecule has 1 heterocycles. The van der Waals surface area contributed by atoms with E-state index in [1.54, 1.807) is 0 Å². The van der Waals surface area contributed by atoms with Gasteiger partial charge >= 0.3 is 6.18 Å². The van der Waals surface area contributed by atoms with Crippen molar-refractivity contribution in [1.82, 2.24) is 10.2 Å². The number of halogens is 3. The van der Waals surface area contributed by atoms with Crippen LogP contribution in [0.15, 0.2) is 18.2 Å². The predicted octanol–water partition coefficient (Wildman–Crippen LogP) is 1.48. The third-order valence-electron chi connectivity index (χ3n) is 3.86. The number of anilines is 1. The van der Waals surface area contributed by atoms with Crippen LogP contribution in [0, 0.1) is 10.1 Å². The predicted molar refractivity (Wildman–Crippen MR) is 80.8 cm³/mol. The average Bonchev–Trinajstić information content (AvgIpc) is 2.54. The Morgan fingerprint density at radius 1 is 1.29 bits per heavy atom. The molecule has 0 saturated carbocycles. The van der Waals surface area contributed by atoms with E-state index in [0.29, 0.717) is 32.2 Å². The quantitative estimate of drug-likeness (QED) is 0.660. The van der Waals surface area contributed by atoms with Crippen molar-refractivity contribution < 1.29 is 22.9 Å². The van der Waals surface area contributed by atoms with Crippen molar-refractivity contribution in [3.05, 3.63) is 33.9 Å². The third-order valence-corrected chi connectivity index (χ3v) is 3.86. The maximum Gasteiger partial charge on any atom is 0.418 e. The summed E-state index contributed by atoms with van der Waals surface area (Å²) in [5.74, 6) is -0.158. The highest BCUT2D eigenvalue weighted by atomic mass is 19.4. The molecule has 7 nitrogen and oxygen atoms in total. The monoisotopic (exact) mass is 346 g/mol. The van der Waals surface area contributed by atoms with Crippen LogP contribution in [0.25, 0.3) is 0 Å². The Labute approximate surface area is 136 Å². The van der Waals surface area contributed by atoms with E-state index in [2.05, 4.69) is 5.32 Å². The van der Waals surface area contributed by atoms with Gasteiger partial charge in [-0.1, -0.05) is 0 Å². The van der Waals surface area contributed by atoms with Crippen LogP contribution in [0.5, 0.6) is 0 Å². The van der Waals surface area contributed by atoms with Gasteiger partial charge in [0.2, 0.25) is 5.91 Å². The first-order valence-electron chi connectivity index (χ1n) is 7.26. The molecule has 1 N–H and O–H groups in total. The number of carbonyl (C=O) groups is 1. The number of nitrogens with one attached hydrogen (secondary N) is 1. The highest BCUT2D eigenvalue weighted by molar-refractivity contribution is 5.77. The highest BCUT2D eigenvalue weighted by Crippen LogP contribution is 2.39. The molecule has 10 heteroatoms. The zero-order valence-corrected chi connectivity index (χ0v) is 13.0. The van der Waals surface area contributed by atoms with E-state index in [1.165, 1.54) is 11.9 Å². The van der Waals surface area contributed by atoms with E-state index < -0.39 is 22.4 Å². The lowest BCUT2D eigenvalue weighted by atomic mass is 10.1. The number of hydrogen-bond acceptors (Lipinski definition) is 5. The van der Waals surface area contributed by atoms with Gasteiger partial charge in [0.15, 0.2) is 0 Å². The summed E-state index contributed by atoms with van der Waals surface area (Å²) in [4.78, 5) is 24.6. The summed E-state index contributed by atoms with van der Waals surface area (Å²) < 4.78 is 39.7. The van der Waals surface area contributed by atoms with Gasteiger partial charge in [-0.2, -0.15) is 13.2 Å². The number of non-ortho nitro benzene ring substituents is 1. The molecule has 2 rings (SSSR count). The molecule has 1 amide bonds. The zero-order valence-electron chi connectivity index (χ0n) is 13.0. The van der Waals surface area contributed by atoms with Gasteiger partial charge in [-0.05, 0) is 6.07 Å². The summed E-state index contributed by atoms with van der Waals surface area (Å²) in [6.07, 6.45) is -4.68. The smallest absolute Gasteiger partial charge is 0.368 e. The number of carbonyl (C=O) groups excluding carboxylic acids is 1. The molecule has 0 atom stereocenters. The fourth-order valence-electron chi connectivity index (χ4n) is 2.57. The molecule has 1 aromatic rings. The minimum absolute atomic E-state index is 0.0762. The van der Waals surface area contributed by atoms with Crippen molar-refractivity contribution in [2.24, 2.45) is 0 Å². The van der Waals surface area contributed by atoms with Crippen molar-refractivity contribution in [2.45, 2.75) is 6.18 Å². The largest absolute Gasteiger partial charge is 0.418 e. The number of alkyl halides is 3. The number of nitrogens with zero attached hydrogens (tertiary/aromatic N) is 3. The van der Waals surface area contributed by atoms with Crippen LogP contribution < -0.4 is 10.2 Å². The van der Waals surface area contributed by atoms with Gasteiger partial charge in [-0.3, -0.25) is 19.8 Å². The first-order valence-corrected chi connectivity index (χ1v) is 7.26. The van der Waals surface area contributed by atoms with E-state index in [1.807, 2.05) is 4.90 Å². The number of likely N-dealkylation sites (N-methyl/N-ethyl adjacent to an activating group) is 1. The molecular formula is C14H17F3N4O3. The first kappa shape index (κ1) is 18.0. The van der Waals surface area contributed by atoms with Gasteiger partial charge in [0, 0.05) is 51.0 Å². The molecule has 0 radical (unpaired) electrons. The first-order chi connectivity index (χ1) is 11.2. The molecular weight excluding hydrogens is 329 g/mol. The Balaban J connectivity index is 2.18. The molecule has 0 unspecified atom stereocenters. The third kappa shape index (κ3) is 4.13. The van der Waals surface area contributed by atoms with Gasteiger partial charge in [0.25, 0.3) is 5.69 Å². The lowest BCUT2D eigenvalue weighted by Gasteiger charge is -2.36. The normalized spacial score (nSPS) is 16.1. The Bertz CT molecular complexity index is 628. The van der Waals surface area contributed by atoms with Gasteiger partial charge < -0.3 is 10.2 Å². The van der Waals surface area contributed by atoms with Gasteiger partial charge in [0.05, 0.1) is 17.0 Å². The van der Waals surface area contributed by atoms with Crippen LogP contribution in [0.4, 0.5) is 24.5 Å². The fraction of sp³-hybridized carbons (Fsp3) is 0.500. The summed E-state index contributed by atoms with van der Waals surface area (Å²) in [6.45, 7) is 1.66. The average molecular weight is 346 g/mol. The van der Waals surface area contributed by atoms with E-state index in [9.17, 15) is 28.1 Å². The SMILES string of the molecule is CNC(=O)CN1CCN(c2ccc([N+](=O)[O-])cc2C(F)(F)F)CC1. The summed E-state index contributed by atoms with van der Waals surface area (Å²) in [6, 6.07) is 2.77. The Morgan fingerprint density at radius 3 is 2.42 bits per heavy atom. The minimum Gasteiger partial charge on any atom is -0.368 e. The van der Waals surface area contributed by atoms with Crippen LogP contribution in [0.1, 0.15) is 5.56 Å². The van der Waals surface area contributed by atoms with Crippen LogP contribution >= 0.6 is 0 Å². The minimum atomic E-state index is -4.68. The number of nitro groups is 1. The Morgan fingerprint density at radius 2 is 1.92 bits per heavy atom. The molecule has 132 valence electrons. The van der Waals surface area contributed by atoms with Crippen LogP contribution in [-0.2, 0) is 11.0 Å². The topological polar surface area (TPSA) is 78.7 Å². The zero-order chi connectivity index (χ0) is 17.9. The number of nitro benzene ring substituents is 1. The number of amides is 1. The lowest BCUT2D eigenvalue weighted by Crippen LogP contribution is -2.49. The standard InChI is InChI=1S/C14H17F3N4O3/c1-18-13(22)9-19-4-6-20(7-5-19)12-3-2-10(21(23)24)8-11(12)14(15,16)17/h2-3,8H,4-7,9H2,1H3,(H,18,22). The number of benzene rings is 1. The summed E-state index contributed by atoms with van der Waals surface area (Å²) >= 11 is 0. The molecule has 24 heavy (non-hydrogen) atoms. The molecule has 1 saturated heterocycles.